The van der Waals surface area contributed by atoms with Crippen molar-refractivity contribution in [2.24, 2.45) is 0 Å². The second-order valence-corrected chi connectivity index (χ2v) is 4.42. The zero-order valence-corrected chi connectivity index (χ0v) is 10.8. The van der Waals surface area contributed by atoms with E-state index in [9.17, 15) is 9.18 Å². The molecule has 0 aliphatic carbocycles. The van der Waals surface area contributed by atoms with E-state index in [0.29, 0.717) is 22.2 Å². The molecule has 0 unspecified atom stereocenters. The van der Waals surface area contributed by atoms with Crippen molar-refractivity contribution < 1.29 is 13.9 Å². The van der Waals surface area contributed by atoms with Crippen molar-refractivity contribution in [2.45, 2.75) is 0 Å². The lowest BCUT2D eigenvalue weighted by Crippen LogP contribution is -2.03. The standard InChI is InChI=1S/C16H12FNO2/c1-20-16(19)15-14(10-5-3-2-4-6-10)12-9-11(17)7-8-13(12)18-15/h2-9,18H,1H3. The minimum absolute atomic E-state index is 0.333. The summed E-state index contributed by atoms with van der Waals surface area (Å²) in [6, 6.07) is 13.8. The summed E-state index contributed by atoms with van der Waals surface area (Å²) in [5.74, 6) is -0.814. The number of carbonyl (C=O) groups is 1. The molecule has 0 saturated heterocycles. The maximum absolute atomic E-state index is 13.5. The third kappa shape index (κ3) is 1.95. The smallest absolute Gasteiger partial charge is 0.355 e. The SMILES string of the molecule is COC(=O)c1[nH]c2ccc(F)cc2c1-c1ccccc1. The summed E-state index contributed by atoms with van der Waals surface area (Å²) in [7, 11) is 1.32. The minimum atomic E-state index is -0.472. The molecule has 0 aliphatic heterocycles. The van der Waals surface area contributed by atoms with Crippen LogP contribution in [0.1, 0.15) is 10.5 Å². The number of aromatic amines is 1. The van der Waals surface area contributed by atoms with Crippen molar-refractivity contribution in [1.29, 1.82) is 0 Å². The highest BCUT2D eigenvalue weighted by Gasteiger charge is 2.19. The van der Waals surface area contributed by atoms with Gasteiger partial charge in [-0.15, -0.1) is 0 Å². The number of halogens is 1. The van der Waals surface area contributed by atoms with Crippen LogP contribution in [-0.4, -0.2) is 18.1 Å². The van der Waals surface area contributed by atoms with Crippen LogP contribution in [-0.2, 0) is 4.74 Å². The summed E-state index contributed by atoms with van der Waals surface area (Å²) >= 11 is 0. The summed E-state index contributed by atoms with van der Waals surface area (Å²) in [6.07, 6.45) is 0. The quantitative estimate of drug-likeness (QED) is 0.720. The summed E-state index contributed by atoms with van der Waals surface area (Å²) in [5, 5.41) is 0.664. The van der Waals surface area contributed by atoms with Gasteiger partial charge in [0.05, 0.1) is 7.11 Å². The Hall–Kier alpha value is -2.62. The normalized spacial score (nSPS) is 10.7. The Morgan fingerprint density at radius 1 is 1.15 bits per heavy atom. The second kappa shape index (κ2) is 4.81. The van der Waals surface area contributed by atoms with E-state index in [1.54, 1.807) is 6.07 Å². The van der Waals surface area contributed by atoms with Crippen molar-refractivity contribution in [3.63, 3.8) is 0 Å². The number of aromatic nitrogens is 1. The molecule has 100 valence electrons. The molecular formula is C16H12FNO2. The number of benzene rings is 2. The molecule has 1 aromatic heterocycles. The highest BCUT2D eigenvalue weighted by molar-refractivity contribution is 6.07. The molecule has 2 aromatic carbocycles. The number of rotatable bonds is 2. The van der Waals surface area contributed by atoms with Crippen LogP contribution in [0.3, 0.4) is 0 Å². The van der Waals surface area contributed by atoms with Gasteiger partial charge >= 0.3 is 5.97 Å². The number of H-pyrrole nitrogens is 1. The van der Waals surface area contributed by atoms with E-state index in [-0.39, 0.29) is 5.82 Å². The first-order chi connectivity index (χ1) is 9.70. The fourth-order valence-electron chi connectivity index (χ4n) is 2.32. The molecule has 0 aliphatic rings. The van der Waals surface area contributed by atoms with E-state index in [1.807, 2.05) is 30.3 Å². The fourth-order valence-corrected chi connectivity index (χ4v) is 2.32. The lowest BCUT2D eigenvalue weighted by molar-refractivity contribution is 0.0596. The Bertz CT molecular complexity index is 778. The van der Waals surface area contributed by atoms with Gasteiger partial charge in [0.1, 0.15) is 11.5 Å². The lowest BCUT2D eigenvalue weighted by atomic mass is 10.0. The second-order valence-electron chi connectivity index (χ2n) is 4.42. The van der Waals surface area contributed by atoms with Crippen LogP contribution in [0, 0.1) is 5.82 Å². The predicted molar refractivity (Wildman–Crippen MR) is 75.0 cm³/mol. The largest absolute Gasteiger partial charge is 0.464 e. The van der Waals surface area contributed by atoms with Gasteiger partial charge < -0.3 is 9.72 Å². The highest BCUT2D eigenvalue weighted by atomic mass is 19.1. The molecular weight excluding hydrogens is 257 g/mol. The van der Waals surface area contributed by atoms with Gasteiger partial charge in [-0.25, -0.2) is 9.18 Å². The Labute approximate surface area is 115 Å². The molecule has 0 bridgehead atoms. The van der Waals surface area contributed by atoms with Crippen LogP contribution in [0.25, 0.3) is 22.0 Å². The summed E-state index contributed by atoms with van der Waals surface area (Å²) < 4.78 is 18.3. The van der Waals surface area contributed by atoms with Crippen LogP contribution in [0.5, 0.6) is 0 Å². The Balaban J connectivity index is 2.36. The van der Waals surface area contributed by atoms with Crippen LogP contribution < -0.4 is 0 Å². The molecule has 1 N–H and O–H groups in total. The van der Waals surface area contributed by atoms with E-state index in [4.69, 9.17) is 4.74 Å². The number of methoxy groups -OCH3 is 1. The molecule has 4 heteroatoms. The number of carbonyl (C=O) groups excluding carboxylic acids is 1. The molecule has 0 atom stereocenters. The van der Waals surface area contributed by atoms with Gasteiger partial charge in [-0.1, -0.05) is 30.3 Å². The molecule has 0 radical (unpaired) electrons. The monoisotopic (exact) mass is 269 g/mol. The van der Waals surface area contributed by atoms with Crippen LogP contribution in [0.2, 0.25) is 0 Å². The Morgan fingerprint density at radius 3 is 2.60 bits per heavy atom. The summed E-state index contributed by atoms with van der Waals surface area (Å²) in [5.41, 5.74) is 2.53. The molecule has 0 amide bonds. The first-order valence-corrected chi connectivity index (χ1v) is 6.15. The fraction of sp³-hybridized carbons (Fsp3) is 0.0625. The number of esters is 1. The van der Waals surface area contributed by atoms with Gasteiger partial charge in [0.25, 0.3) is 0 Å². The molecule has 0 fully saturated rings. The van der Waals surface area contributed by atoms with Gasteiger partial charge in [-0.2, -0.15) is 0 Å². The number of hydrogen-bond donors (Lipinski definition) is 1. The van der Waals surface area contributed by atoms with Crippen LogP contribution >= 0.6 is 0 Å². The molecule has 0 spiro atoms. The van der Waals surface area contributed by atoms with Crippen molar-refractivity contribution >= 4 is 16.9 Å². The number of fused-ring (bicyclic) bond motifs is 1. The van der Waals surface area contributed by atoms with Gasteiger partial charge in [-0.05, 0) is 23.8 Å². The van der Waals surface area contributed by atoms with E-state index < -0.39 is 5.97 Å². The van der Waals surface area contributed by atoms with E-state index in [2.05, 4.69) is 4.98 Å². The molecule has 3 nitrogen and oxygen atoms in total. The third-order valence-electron chi connectivity index (χ3n) is 3.21. The van der Waals surface area contributed by atoms with Gasteiger partial charge in [0, 0.05) is 16.5 Å². The topological polar surface area (TPSA) is 42.1 Å². The third-order valence-corrected chi connectivity index (χ3v) is 3.21. The molecule has 3 rings (SSSR count). The predicted octanol–water partition coefficient (Wildman–Crippen LogP) is 3.76. The van der Waals surface area contributed by atoms with Crippen LogP contribution in [0.15, 0.2) is 48.5 Å². The van der Waals surface area contributed by atoms with E-state index >= 15 is 0 Å². The van der Waals surface area contributed by atoms with Crippen LogP contribution in [0.4, 0.5) is 4.39 Å². The number of hydrogen-bond acceptors (Lipinski definition) is 2. The summed E-state index contributed by atoms with van der Waals surface area (Å²) in [4.78, 5) is 14.9. The summed E-state index contributed by atoms with van der Waals surface area (Å²) in [6.45, 7) is 0. The number of ether oxygens (including phenoxy) is 1. The van der Waals surface area contributed by atoms with Crippen molar-refractivity contribution in [2.75, 3.05) is 7.11 Å². The molecule has 1 heterocycles. The Kier molecular flexibility index (Phi) is 2.99. The maximum Gasteiger partial charge on any atom is 0.355 e. The van der Waals surface area contributed by atoms with Crippen molar-refractivity contribution in [1.82, 2.24) is 4.98 Å². The molecule has 0 saturated carbocycles. The zero-order valence-electron chi connectivity index (χ0n) is 10.8. The zero-order chi connectivity index (χ0) is 14.1. The van der Waals surface area contributed by atoms with E-state index in [0.717, 1.165) is 5.56 Å². The minimum Gasteiger partial charge on any atom is -0.464 e. The van der Waals surface area contributed by atoms with Gasteiger partial charge in [-0.3, -0.25) is 0 Å². The molecule has 20 heavy (non-hydrogen) atoms. The first kappa shape index (κ1) is 12.4. The lowest BCUT2D eigenvalue weighted by Gasteiger charge is -2.03. The van der Waals surface area contributed by atoms with E-state index in [1.165, 1.54) is 19.2 Å². The maximum atomic E-state index is 13.5. The average Bonchev–Trinajstić information content (AvgIpc) is 2.85. The Morgan fingerprint density at radius 2 is 1.90 bits per heavy atom. The average molecular weight is 269 g/mol. The molecule has 3 aromatic rings. The first-order valence-electron chi connectivity index (χ1n) is 6.15. The highest BCUT2D eigenvalue weighted by Crippen LogP contribution is 2.33. The van der Waals surface area contributed by atoms with Crippen molar-refractivity contribution in [3.05, 3.63) is 60.0 Å². The van der Waals surface area contributed by atoms with Gasteiger partial charge in [0.15, 0.2) is 0 Å². The number of nitrogens with one attached hydrogen (secondary N) is 1. The van der Waals surface area contributed by atoms with Crippen molar-refractivity contribution in [3.8, 4) is 11.1 Å². The van der Waals surface area contributed by atoms with Gasteiger partial charge in [0.2, 0.25) is 0 Å².